The van der Waals surface area contributed by atoms with Crippen molar-refractivity contribution in [2.75, 3.05) is 18.1 Å². The second kappa shape index (κ2) is 5.83. The third kappa shape index (κ3) is 2.96. The van der Waals surface area contributed by atoms with Crippen molar-refractivity contribution in [3.63, 3.8) is 0 Å². The van der Waals surface area contributed by atoms with Gasteiger partial charge in [-0.25, -0.2) is 4.39 Å². The lowest BCUT2D eigenvalue weighted by Gasteiger charge is -2.24. The van der Waals surface area contributed by atoms with Gasteiger partial charge in [-0.15, -0.1) is 0 Å². The monoisotopic (exact) mass is 335 g/mol. The van der Waals surface area contributed by atoms with E-state index in [9.17, 15) is 4.39 Å². The van der Waals surface area contributed by atoms with Crippen molar-refractivity contribution in [2.24, 2.45) is 0 Å². The van der Waals surface area contributed by atoms with Crippen LogP contribution in [0.5, 0.6) is 5.75 Å². The Morgan fingerprint density at radius 2 is 2.05 bits per heavy atom. The Balaban J connectivity index is 1.90. The molecule has 4 heteroatoms. The molecule has 0 amide bonds. The van der Waals surface area contributed by atoms with Gasteiger partial charge >= 0.3 is 0 Å². The van der Waals surface area contributed by atoms with Crippen LogP contribution in [0.15, 0.2) is 46.9 Å². The summed E-state index contributed by atoms with van der Waals surface area (Å²) in [4.78, 5) is 2.24. The third-order valence-corrected chi connectivity index (χ3v) is 3.79. The number of halogens is 2. The Morgan fingerprint density at radius 3 is 2.90 bits per heavy atom. The summed E-state index contributed by atoms with van der Waals surface area (Å²) in [7, 11) is 0. The molecule has 1 aliphatic rings. The number of rotatable bonds is 2. The van der Waals surface area contributed by atoms with Crippen molar-refractivity contribution < 1.29 is 9.13 Å². The minimum atomic E-state index is -0.214. The fraction of sp³-hybridized carbons (Fsp3) is 0.250. The van der Waals surface area contributed by atoms with E-state index in [-0.39, 0.29) is 5.82 Å². The number of hydrogen-bond donors (Lipinski definition) is 0. The second-order valence-corrected chi connectivity index (χ2v) is 5.78. The fourth-order valence-corrected chi connectivity index (χ4v) is 3.00. The molecule has 1 heterocycles. The second-order valence-electron chi connectivity index (χ2n) is 4.87. The third-order valence-electron chi connectivity index (χ3n) is 3.33. The Hall–Kier alpha value is -1.55. The Labute approximate surface area is 126 Å². The zero-order valence-electron chi connectivity index (χ0n) is 11.0. The molecule has 104 valence electrons. The summed E-state index contributed by atoms with van der Waals surface area (Å²) >= 11 is 3.34. The minimum absolute atomic E-state index is 0.214. The molecule has 0 saturated carbocycles. The first-order valence-electron chi connectivity index (χ1n) is 6.64. The molecule has 2 aromatic carbocycles. The molecule has 0 saturated heterocycles. The summed E-state index contributed by atoms with van der Waals surface area (Å²) in [6.45, 7) is 2.31. The lowest BCUT2D eigenvalue weighted by Crippen LogP contribution is -2.23. The summed E-state index contributed by atoms with van der Waals surface area (Å²) in [6.07, 6.45) is 0.963. The van der Waals surface area contributed by atoms with Crippen molar-refractivity contribution in [3.8, 4) is 5.75 Å². The van der Waals surface area contributed by atoms with Gasteiger partial charge in [0, 0.05) is 17.6 Å². The highest BCUT2D eigenvalue weighted by Gasteiger charge is 2.16. The van der Waals surface area contributed by atoms with Gasteiger partial charge in [-0.2, -0.15) is 0 Å². The van der Waals surface area contributed by atoms with Crippen molar-refractivity contribution >= 4 is 21.6 Å². The van der Waals surface area contributed by atoms with Gasteiger partial charge in [0.2, 0.25) is 0 Å². The van der Waals surface area contributed by atoms with Crippen molar-refractivity contribution in [1.82, 2.24) is 0 Å². The van der Waals surface area contributed by atoms with Crippen LogP contribution in [0.4, 0.5) is 10.1 Å². The average molecular weight is 336 g/mol. The lowest BCUT2D eigenvalue weighted by atomic mass is 10.2. The maximum atomic E-state index is 13.5. The van der Waals surface area contributed by atoms with Crippen LogP contribution < -0.4 is 9.64 Å². The molecule has 0 bridgehead atoms. The van der Waals surface area contributed by atoms with Gasteiger partial charge in [-0.05, 0) is 42.3 Å². The molecule has 0 atom stereocenters. The van der Waals surface area contributed by atoms with E-state index < -0.39 is 0 Å². The summed E-state index contributed by atoms with van der Waals surface area (Å²) < 4.78 is 20.0. The number of fused-ring (bicyclic) bond motifs is 1. The van der Waals surface area contributed by atoms with Gasteiger partial charge in [-0.1, -0.05) is 28.1 Å². The van der Waals surface area contributed by atoms with Crippen LogP contribution in [0.3, 0.4) is 0 Å². The first-order valence-corrected chi connectivity index (χ1v) is 7.43. The molecule has 0 N–H and O–H groups in total. The molecular formula is C16H15BrFNO. The van der Waals surface area contributed by atoms with Crippen LogP contribution in [-0.4, -0.2) is 13.2 Å². The van der Waals surface area contributed by atoms with E-state index >= 15 is 0 Å². The van der Waals surface area contributed by atoms with E-state index in [1.165, 1.54) is 6.07 Å². The largest absolute Gasteiger partial charge is 0.491 e. The number of ether oxygens (including phenoxy) is 1. The van der Waals surface area contributed by atoms with Gasteiger partial charge in [-0.3, -0.25) is 0 Å². The van der Waals surface area contributed by atoms with E-state index in [1.807, 2.05) is 24.3 Å². The Morgan fingerprint density at radius 1 is 1.20 bits per heavy atom. The summed E-state index contributed by atoms with van der Waals surface area (Å²) in [5.41, 5.74) is 2.03. The van der Waals surface area contributed by atoms with Gasteiger partial charge in [0.15, 0.2) is 0 Å². The summed E-state index contributed by atoms with van der Waals surface area (Å²) in [5, 5.41) is 0. The number of benzene rings is 2. The first-order chi connectivity index (χ1) is 9.72. The van der Waals surface area contributed by atoms with Gasteiger partial charge < -0.3 is 9.64 Å². The molecule has 3 rings (SSSR count). The van der Waals surface area contributed by atoms with E-state index in [2.05, 4.69) is 26.9 Å². The van der Waals surface area contributed by atoms with E-state index in [0.717, 1.165) is 41.0 Å². The Bertz CT molecular complexity index is 597. The minimum Gasteiger partial charge on any atom is -0.491 e. The molecule has 0 unspecified atom stereocenters. The molecule has 0 aromatic heterocycles. The Kier molecular flexibility index (Phi) is 3.92. The number of para-hydroxylation sites is 2. The van der Waals surface area contributed by atoms with Crippen molar-refractivity contribution in [2.45, 2.75) is 13.0 Å². The predicted octanol–water partition coefficient (Wildman–Crippen LogP) is 4.38. The van der Waals surface area contributed by atoms with Crippen LogP contribution >= 0.6 is 15.9 Å². The molecule has 2 nitrogen and oxygen atoms in total. The lowest BCUT2D eigenvalue weighted by molar-refractivity contribution is 0.322. The molecule has 20 heavy (non-hydrogen) atoms. The van der Waals surface area contributed by atoms with E-state index in [0.29, 0.717) is 6.54 Å². The van der Waals surface area contributed by atoms with Crippen LogP contribution in [0, 0.1) is 5.82 Å². The van der Waals surface area contributed by atoms with E-state index in [4.69, 9.17) is 4.74 Å². The zero-order valence-corrected chi connectivity index (χ0v) is 12.6. The standard InChI is InChI=1S/C16H15BrFNO/c17-13-8-12(9-14(18)10-13)11-19-6-3-7-20-16-5-2-1-4-15(16)19/h1-2,4-5,8-10H,3,6-7,11H2. The van der Waals surface area contributed by atoms with E-state index in [1.54, 1.807) is 6.07 Å². The molecule has 0 radical (unpaired) electrons. The number of anilines is 1. The molecule has 0 fully saturated rings. The topological polar surface area (TPSA) is 12.5 Å². The van der Waals surface area contributed by atoms with Crippen molar-refractivity contribution in [1.29, 1.82) is 0 Å². The smallest absolute Gasteiger partial charge is 0.142 e. The SMILES string of the molecule is Fc1cc(Br)cc(CN2CCCOc3ccccc32)c1. The molecule has 1 aliphatic heterocycles. The number of hydrogen-bond acceptors (Lipinski definition) is 2. The normalized spacial score (nSPS) is 14.4. The van der Waals surface area contributed by atoms with Crippen LogP contribution in [0.2, 0.25) is 0 Å². The number of nitrogens with zero attached hydrogens (tertiary/aromatic N) is 1. The molecule has 0 spiro atoms. The fourth-order valence-electron chi connectivity index (χ4n) is 2.49. The quantitative estimate of drug-likeness (QED) is 0.807. The molecule has 0 aliphatic carbocycles. The van der Waals surface area contributed by atoms with Crippen LogP contribution in [0.25, 0.3) is 0 Å². The van der Waals surface area contributed by atoms with Gasteiger partial charge in [0.1, 0.15) is 11.6 Å². The van der Waals surface area contributed by atoms with Gasteiger partial charge in [0.05, 0.1) is 12.3 Å². The van der Waals surface area contributed by atoms with Crippen LogP contribution in [0.1, 0.15) is 12.0 Å². The highest BCUT2D eigenvalue weighted by atomic mass is 79.9. The maximum absolute atomic E-state index is 13.5. The highest BCUT2D eigenvalue weighted by molar-refractivity contribution is 9.10. The van der Waals surface area contributed by atoms with Gasteiger partial charge in [0.25, 0.3) is 0 Å². The van der Waals surface area contributed by atoms with Crippen LogP contribution in [-0.2, 0) is 6.54 Å². The maximum Gasteiger partial charge on any atom is 0.142 e. The molecule has 2 aromatic rings. The summed E-state index contributed by atoms with van der Waals surface area (Å²) in [5.74, 6) is 0.689. The zero-order chi connectivity index (χ0) is 13.9. The average Bonchev–Trinajstić information content (AvgIpc) is 2.61. The summed E-state index contributed by atoms with van der Waals surface area (Å²) in [6, 6.07) is 13.0. The molecular weight excluding hydrogens is 321 g/mol. The first kappa shape index (κ1) is 13.4. The van der Waals surface area contributed by atoms with Crippen molar-refractivity contribution in [3.05, 3.63) is 58.3 Å². The highest BCUT2D eigenvalue weighted by Crippen LogP contribution is 2.31. The predicted molar refractivity (Wildman–Crippen MR) is 81.7 cm³/mol.